The Bertz CT molecular complexity index is 326. The zero-order chi connectivity index (χ0) is 10.8. The first-order valence-electron chi connectivity index (χ1n) is 5.86. The van der Waals surface area contributed by atoms with Crippen molar-refractivity contribution in [3.05, 3.63) is 17.5 Å². The Balaban J connectivity index is 1.75. The molecular weight excluding hydrogens is 186 g/mol. The Morgan fingerprint density at radius 2 is 2.33 bits per heavy atom. The van der Waals surface area contributed by atoms with E-state index in [9.17, 15) is 0 Å². The highest BCUT2D eigenvalue weighted by atomic mass is 15.2. The van der Waals surface area contributed by atoms with Crippen LogP contribution in [0, 0.1) is 18.8 Å². The highest BCUT2D eigenvalue weighted by Gasteiger charge is 2.27. The van der Waals surface area contributed by atoms with Crippen LogP contribution < -0.4 is 5.32 Å². The molecule has 15 heavy (non-hydrogen) atoms. The van der Waals surface area contributed by atoms with E-state index in [0.717, 1.165) is 30.6 Å². The minimum Gasteiger partial charge on any atom is -0.312 e. The largest absolute Gasteiger partial charge is 0.312 e. The first-order chi connectivity index (χ1) is 7.16. The monoisotopic (exact) mass is 207 g/mol. The van der Waals surface area contributed by atoms with Crippen LogP contribution in [-0.2, 0) is 13.6 Å². The third kappa shape index (κ3) is 2.81. The molecule has 1 unspecified atom stereocenters. The Kier molecular flexibility index (Phi) is 3.10. The van der Waals surface area contributed by atoms with Crippen LogP contribution in [0.3, 0.4) is 0 Å². The van der Waals surface area contributed by atoms with Crippen LogP contribution in [0.1, 0.15) is 31.0 Å². The molecule has 3 nitrogen and oxygen atoms in total. The molecule has 1 aromatic rings. The van der Waals surface area contributed by atoms with Crippen molar-refractivity contribution in [2.45, 2.75) is 33.2 Å². The van der Waals surface area contributed by atoms with Gasteiger partial charge in [-0.15, -0.1) is 0 Å². The van der Waals surface area contributed by atoms with E-state index < -0.39 is 0 Å². The first kappa shape index (κ1) is 10.7. The van der Waals surface area contributed by atoms with Crippen molar-refractivity contribution in [2.24, 2.45) is 18.9 Å². The molecule has 1 atom stereocenters. The molecule has 1 N–H and O–H groups in total. The predicted octanol–water partition coefficient (Wildman–Crippen LogP) is 1.86. The molecule has 0 amide bonds. The van der Waals surface area contributed by atoms with E-state index in [2.05, 4.69) is 30.5 Å². The fourth-order valence-electron chi connectivity index (χ4n) is 2.09. The molecule has 0 radical (unpaired) electrons. The lowest BCUT2D eigenvalue weighted by molar-refractivity contribution is 0.461. The van der Waals surface area contributed by atoms with Crippen LogP contribution in [0.4, 0.5) is 0 Å². The van der Waals surface area contributed by atoms with Gasteiger partial charge in [-0.2, -0.15) is 5.10 Å². The maximum atomic E-state index is 4.33. The second-order valence-electron chi connectivity index (χ2n) is 4.86. The third-order valence-electron chi connectivity index (χ3n) is 3.32. The summed E-state index contributed by atoms with van der Waals surface area (Å²) in [5.41, 5.74) is 2.46. The summed E-state index contributed by atoms with van der Waals surface area (Å²) in [6, 6.07) is 0. The Morgan fingerprint density at radius 1 is 1.60 bits per heavy atom. The quantitative estimate of drug-likeness (QED) is 0.798. The van der Waals surface area contributed by atoms with Gasteiger partial charge in [-0.3, -0.25) is 4.68 Å². The van der Waals surface area contributed by atoms with Crippen LogP contribution in [0.25, 0.3) is 0 Å². The molecule has 1 aromatic heterocycles. The second-order valence-corrected chi connectivity index (χ2v) is 4.86. The standard InChI is InChI=1S/C12H21N3/c1-9(11-4-5-11)6-13-7-12-8-15(3)14-10(12)2/h8-9,11,13H,4-7H2,1-3H3. The van der Waals surface area contributed by atoms with Gasteiger partial charge in [-0.05, 0) is 38.1 Å². The molecular formula is C12H21N3. The van der Waals surface area contributed by atoms with Gasteiger partial charge < -0.3 is 5.32 Å². The number of hydrogen-bond donors (Lipinski definition) is 1. The molecule has 1 heterocycles. The third-order valence-corrected chi connectivity index (χ3v) is 3.32. The van der Waals surface area contributed by atoms with Crippen LogP contribution in [0.2, 0.25) is 0 Å². The van der Waals surface area contributed by atoms with Crippen molar-refractivity contribution < 1.29 is 0 Å². The number of nitrogens with one attached hydrogen (secondary N) is 1. The van der Waals surface area contributed by atoms with Crippen molar-refractivity contribution in [1.29, 1.82) is 0 Å². The summed E-state index contributed by atoms with van der Waals surface area (Å²) in [6.07, 6.45) is 4.98. The number of hydrogen-bond acceptors (Lipinski definition) is 2. The lowest BCUT2D eigenvalue weighted by Crippen LogP contribution is -2.21. The highest BCUT2D eigenvalue weighted by molar-refractivity contribution is 5.14. The molecule has 3 heteroatoms. The van der Waals surface area contributed by atoms with Crippen LogP contribution in [0.5, 0.6) is 0 Å². The lowest BCUT2D eigenvalue weighted by Gasteiger charge is -2.10. The van der Waals surface area contributed by atoms with Crippen molar-refractivity contribution in [3.8, 4) is 0 Å². The Morgan fingerprint density at radius 3 is 2.87 bits per heavy atom. The van der Waals surface area contributed by atoms with E-state index >= 15 is 0 Å². The van der Waals surface area contributed by atoms with E-state index in [-0.39, 0.29) is 0 Å². The van der Waals surface area contributed by atoms with Crippen LogP contribution >= 0.6 is 0 Å². The number of rotatable bonds is 5. The maximum Gasteiger partial charge on any atom is 0.0638 e. The van der Waals surface area contributed by atoms with Gasteiger partial charge in [0.15, 0.2) is 0 Å². The fraction of sp³-hybridized carbons (Fsp3) is 0.750. The van der Waals surface area contributed by atoms with Crippen LogP contribution in [-0.4, -0.2) is 16.3 Å². The molecule has 0 bridgehead atoms. The van der Waals surface area contributed by atoms with Gasteiger partial charge >= 0.3 is 0 Å². The molecule has 0 aromatic carbocycles. The van der Waals surface area contributed by atoms with Gasteiger partial charge in [0.1, 0.15) is 0 Å². The molecule has 84 valence electrons. The molecule has 1 aliphatic rings. The smallest absolute Gasteiger partial charge is 0.0638 e. The van der Waals surface area contributed by atoms with Crippen LogP contribution in [0.15, 0.2) is 6.20 Å². The summed E-state index contributed by atoms with van der Waals surface area (Å²) >= 11 is 0. The molecule has 0 aliphatic heterocycles. The second kappa shape index (κ2) is 4.35. The molecule has 0 saturated heterocycles. The molecule has 1 aliphatic carbocycles. The van der Waals surface area contributed by atoms with E-state index in [4.69, 9.17) is 0 Å². The van der Waals surface area contributed by atoms with Gasteiger partial charge in [0.25, 0.3) is 0 Å². The van der Waals surface area contributed by atoms with Gasteiger partial charge in [0.2, 0.25) is 0 Å². The van der Waals surface area contributed by atoms with Crippen molar-refractivity contribution >= 4 is 0 Å². The average Bonchev–Trinajstić information content (AvgIpc) is 2.94. The number of aryl methyl sites for hydroxylation is 2. The average molecular weight is 207 g/mol. The molecule has 1 fully saturated rings. The summed E-state index contributed by atoms with van der Waals surface area (Å²) < 4.78 is 1.89. The van der Waals surface area contributed by atoms with E-state index in [0.29, 0.717) is 0 Å². The van der Waals surface area contributed by atoms with Gasteiger partial charge in [0, 0.05) is 25.4 Å². The topological polar surface area (TPSA) is 29.9 Å². The predicted molar refractivity (Wildman–Crippen MR) is 61.5 cm³/mol. The molecule has 2 rings (SSSR count). The molecule has 0 spiro atoms. The minimum atomic E-state index is 0.835. The summed E-state index contributed by atoms with van der Waals surface area (Å²) in [6.45, 7) is 6.51. The van der Waals surface area contributed by atoms with E-state index in [1.165, 1.54) is 18.4 Å². The Labute approximate surface area is 91.9 Å². The van der Waals surface area contributed by atoms with E-state index in [1.54, 1.807) is 0 Å². The van der Waals surface area contributed by atoms with Gasteiger partial charge in [-0.25, -0.2) is 0 Å². The number of aromatic nitrogens is 2. The van der Waals surface area contributed by atoms with Gasteiger partial charge in [0.05, 0.1) is 5.69 Å². The first-order valence-corrected chi connectivity index (χ1v) is 5.86. The van der Waals surface area contributed by atoms with Gasteiger partial charge in [-0.1, -0.05) is 6.92 Å². The maximum absolute atomic E-state index is 4.33. The van der Waals surface area contributed by atoms with Crippen molar-refractivity contribution in [3.63, 3.8) is 0 Å². The summed E-state index contributed by atoms with van der Waals surface area (Å²) in [5, 5.41) is 7.86. The summed E-state index contributed by atoms with van der Waals surface area (Å²) in [4.78, 5) is 0. The van der Waals surface area contributed by atoms with Crippen molar-refractivity contribution in [2.75, 3.05) is 6.54 Å². The highest BCUT2D eigenvalue weighted by Crippen LogP contribution is 2.36. The number of nitrogens with zero attached hydrogens (tertiary/aromatic N) is 2. The zero-order valence-electron chi connectivity index (χ0n) is 9.95. The minimum absolute atomic E-state index is 0.835. The summed E-state index contributed by atoms with van der Waals surface area (Å²) in [7, 11) is 1.98. The van der Waals surface area contributed by atoms with Crippen molar-refractivity contribution in [1.82, 2.24) is 15.1 Å². The fourth-order valence-corrected chi connectivity index (χ4v) is 2.09. The molecule has 1 saturated carbocycles. The normalized spacial score (nSPS) is 18.1. The lowest BCUT2D eigenvalue weighted by atomic mass is 10.1. The van der Waals surface area contributed by atoms with E-state index in [1.807, 2.05) is 11.7 Å². The Hall–Kier alpha value is -0.830. The zero-order valence-corrected chi connectivity index (χ0v) is 9.95. The SMILES string of the molecule is Cc1nn(C)cc1CNCC(C)C1CC1. The summed E-state index contributed by atoms with van der Waals surface area (Å²) in [5.74, 6) is 1.83.